The van der Waals surface area contributed by atoms with E-state index in [4.69, 9.17) is 18.9 Å². The van der Waals surface area contributed by atoms with Gasteiger partial charge < -0.3 is 24.1 Å². The minimum absolute atomic E-state index is 0.125. The summed E-state index contributed by atoms with van der Waals surface area (Å²) >= 11 is 0. The number of ether oxygens (including phenoxy) is 4. The Kier molecular flexibility index (Phi) is 10.6. The van der Waals surface area contributed by atoms with Crippen LogP contribution < -0.4 is 0 Å². The first kappa shape index (κ1) is 28.9. The molecule has 0 amide bonds. The SMILES string of the molecule is C=CC[C@]1(O)CC[C@H](CCOCOC)[C@@]2(COCOC)CCN(S(=O)(=O)CC[Si](C)(C)C)[C@@H]12. The zero-order valence-electron chi connectivity index (χ0n) is 21.2. The second kappa shape index (κ2) is 12.1. The summed E-state index contributed by atoms with van der Waals surface area (Å²) in [4.78, 5) is 0. The molecule has 0 aromatic heterocycles. The number of sulfonamides is 1. The zero-order chi connectivity index (χ0) is 24.8. The summed E-state index contributed by atoms with van der Waals surface area (Å²) in [6.07, 6.45) is 4.73. The molecule has 33 heavy (non-hydrogen) atoms. The van der Waals surface area contributed by atoms with Crippen LogP contribution in [0.4, 0.5) is 0 Å². The summed E-state index contributed by atoms with van der Waals surface area (Å²) < 4.78 is 50.4. The van der Waals surface area contributed by atoms with Gasteiger partial charge in [0.25, 0.3) is 0 Å². The van der Waals surface area contributed by atoms with Crippen molar-refractivity contribution in [1.82, 2.24) is 4.31 Å². The largest absolute Gasteiger partial charge is 0.388 e. The standard InChI is InChI=1S/C23H45NO7SSi/c1-7-10-23(25)11-8-20(9-14-30-18-28-2)22(17-31-19-29-3)12-13-24(21(22)23)32(26,27)15-16-33(4,5)6/h7,20-21,25H,1,8-19H2,2-6H3/t20-,21-,22+,23+/m1/s1. The fraction of sp³-hybridized carbons (Fsp3) is 0.913. The van der Waals surface area contributed by atoms with Crippen LogP contribution in [0, 0.1) is 11.3 Å². The van der Waals surface area contributed by atoms with Crippen molar-refractivity contribution in [1.29, 1.82) is 0 Å². The lowest BCUT2D eigenvalue weighted by atomic mass is 9.57. The van der Waals surface area contributed by atoms with E-state index in [-0.39, 0.29) is 25.3 Å². The van der Waals surface area contributed by atoms with E-state index in [1.165, 1.54) is 0 Å². The number of hydrogen-bond donors (Lipinski definition) is 1. The molecular weight excluding hydrogens is 462 g/mol. The van der Waals surface area contributed by atoms with Crippen molar-refractivity contribution in [2.24, 2.45) is 11.3 Å². The fourth-order valence-corrected chi connectivity index (χ4v) is 10.5. The molecule has 2 rings (SSSR count). The fourth-order valence-electron chi connectivity index (χ4n) is 5.65. The maximum absolute atomic E-state index is 13.6. The number of fused-ring (bicyclic) bond motifs is 1. The van der Waals surface area contributed by atoms with Crippen LogP contribution in [0.25, 0.3) is 0 Å². The molecule has 4 atom stereocenters. The van der Waals surface area contributed by atoms with Crippen LogP contribution in [-0.4, -0.2) is 90.9 Å². The van der Waals surface area contributed by atoms with Crippen molar-refractivity contribution in [2.45, 2.75) is 69.4 Å². The summed E-state index contributed by atoms with van der Waals surface area (Å²) in [6, 6.07) is 0.132. The summed E-state index contributed by atoms with van der Waals surface area (Å²) in [6.45, 7) is 12.0. The minimum Gasteiger partial charge on any atom is -0.388 e. The lowest BCUT2D eigenvalue weighted by molar-refractivity contribution is -0.156. The van der Waals surface area contributed by atoms with Crippen LogP contribution in [0.2, 0.25) is 25.7 Å². The monoisotopic (exact) mass is 507 g/mol. The van der Waals surface area contributed by atoms with Crippen LogP contribution >= 0.6 is 0 Å². The Morgan fingerprint density at radius 2 is 1.82 bits per heavy atom. The molecule has 1 heterocycles. The first-order valence-corrected chi connectivity index (χ1v) is 17.2. The van der Waals surface area contributed by atoms with Crippen molar-refractivity contribution in [2.75, 3.05) is 53.3 Å². The van der Waals surface area contributed by atoms with Crippen LogP contribution in [0.1, 0.15) is 32.1 Å². The van der Waals surface area contributed by atoms with E-state index < -0.39 is 35.2 Å². The molecule has 0 bridgehead atoms. The predicted octanol–water partition coefficient (Wildman–Crippen LogP) is 3.06. The van der Waals surface area contributed by atoms with E-state index in [0.717, 1.165) is 12.8 Å². The molecule has 2 fully saturated rings. The van der Waals surface area contributed by atoms with Gasteiger partial charge in [0.1, 0.15) is 13.6 Å². The number of aliphatic hydroxyl groups is 1. The molecule has 1 aliphatic heterocycles. The third-order valence-corrected chi connectivity index (χ3v) is 11.2. The zero-order valence-corrected chi connectivity index (χ0v) is 23.0. The molecule has 0 aromatic carbocycles. The first-order chi connectivity index (χ1) is 15.5. The summed E-state index contributed by atoms with van der Waals surface area (Å²) in [5.74, 6) is 0.276. The Morgan fingerprint density at radius 3 is 2.42 bits per heavy atom. The molecule has 1 N–H and O–H groups in total. The van der Waals surface area contributed by atoms with Gasteiger partial charge in [0.15, 0.2) is 0 Å². The highest BCUT2D eigenvalue weighted by molar-refractivity contribution is 7.89. The van der Waals surface area contributed by atoms with Gasteiger partial charge in [-0.15, -0.1) is 6.58 Å². The minimum atomic E-state index is -3.54. The first-order valence-electron chi connectivity index (χ1n) is 11.9. The van der Waals surface area contributed by atoms with Crippen molar-refractivity contribution >= 4 is 18.1 Å². The molecule has 2 aliphatic rings. The van der Waals surface area contributed by atoms with Gasteiger partial charge in [0.2, 0.25) is 10.0 Å². The van der Waals surface area contributed by atoms with E-state index in [0.29, 0.717) is 45.1 Å². The molecule has 10 heteroatoms. The smallest absolute Gasteiger partial charge is 0.214 e. The van der Waals surface area contributed by atoms with Gasteiger partial charge in [0, 0.05) is 40.9 Å². The van der Waals surface area contributed by atoms with E-state index in [1.807, 2.05) is 0 Å². The summed E-state index contributed by atoms with van der Waals surface area (Å²) in [5.41, 5.74) is -1.69. The second-order valence-corrected chi connectivity index (χ2v) is 18.5. The van der Waals surface area contributed by atoms with Gasteiger partial charge in [0.05, 0.1) is 24.0 Å². The molecule has 0 spiro atoms. The molecule has 1 saturated heterocycles. The molecule has 0 radical (unpaired) electrons. The van der Waals surface area contributed by atoms with E-state index in [1.54, 1.807) is 24.6 Å². The van der Waals surface area contributed by atoms with Crippen molar-refractivity contribution in [3.63, 3.8) is 0 Å². The molecule has 0 aromatic rings. The third-order valence-electron chi connectivity index (χ3n) is 7.23. The maximum atomic E-state index is 13.6. The quantitative estimate of drug-likeness (QED) is 0.158. The summed E-state index contributed by atoms with van der Waals surface area (Å²) in [7, 11) is -1.93. The van der Waals surface area contributed by atoms with Gasteiger partial charge in [-0.05, 0) is 44.1 Å². The van der Waals surface area contributed by atoms with E-state index >= 15 is 0 Å². The average molecular weight is 508 g/mol. The highest BCUT2D eigenvalue weighted by Gasteiger charge is 2.64. The van der Waals surface area contributed by atoms with Gasteiger partial charge in [-0.1, -0.05) is 25.7 Å². The van der Waals surface area contributed by atoms with Gasteiger partial charge in [-0.25, -0.2) is 8.42 Å². The van der Waals surface area contributed by atoms with Gasteiger partial charge in [-0.3, -0.25) is 0 Å². The number of hydrogen-bond acceptors (Lipinski definition) is 7. The Labute approximate surface area is 201 Å². The number of rotatable bonds is 15. The Hall–Kier alpha value is -0.333. The van der Waals surface area contributed by atoms with Gasteiger partial charge in [-0.2, -0.15) is 4.31 Å². The average Bonchev–Trinajstić information content (AvgIpc) is 3.14. The van der Waals surface area contributed by atoms with Crippen LogP contribution in [-0.2, 0) is 29.0 Å². The molecule has 194 valence electrons. The number of nitrogens with zero attached hydrogens (tertiary/aromatic N) is 1. The number of methoxy groups -OCH3 is 2. The van der Waals surface area contributed by atoms with Crippen LogP contribution in [0.5, 0.6) is 0 Å². The van der Waals surface area contributed by atoms with Crippen molar-refractivity contribution in [3.8, 4) is 0 Å². The third kappa shape index (κ3) is 7.10. The second-order valence-electron chi connectivity index (χ2n) is 10.8. The molecular formula is C23H45NO7SSi. The molecule has 1 saturated carbocycles. The molecule has 8 nitrogen and oxygen atoms in total. The topological polar surface area (TPSA) is 94.5 Å². The van der Waals surface area contributed by atoms with Crippen molar-refractivity contribution < 1.29 is 32.5 Å². The maximum Gasteiger partial charge on any atom is 0.214 e. The highest BCUT2D eigenvalue weighted by Crippen LogP contribution is 2.57. The summed E-state index contributed by atoms with van der Waals surface area (Å²) in [5, 5.41) is 11.8. The van der Waals surface area contributed by atoms with E-state index in [2.05, 4.69) is 26.2 Å². The Morgan fingerprint density at radius 1 is 1.15 bits per heavy atom. The Bertz CT molecular complexity index is 729. The lowest BCUT2D eigenvalue weighted by Gasteiger charge is -2.54. The Balaban J connectivity index is 2.42. The van der Waals surface area contributed by atoms with Crippen LogP contribution in [0.3, 0.4) is 0 Å². The molecule has 1 aliphatic carbocycles. The van der Waals surface area contributed by atoms with Crippen LogP contribution in [0.15, 0.2) is 12.7 Å². The van der Waals surface area contributed by atoms with E-state index in [9.17, 15) is 13.5 Å². The lowest BCUT2D eigenvalue weighted by Crippen LogP contribution is -2.64. The highest BCUT2D eigenvalue weighted by atomic mass is 32.2. The normalized spacial score (nSPS) is 31.0. The molecule has 0 unspecified atom stereocenters. The van der Waals surface area contributed by atoms with Gasteiger partial charge >= 0.3 is 0 Å². The predicted molar refractivity (Wildman–Crippen MR) is 132 cm³/mol. The van der Waals surface area contributed by atoms with Crippen molar-refractivity contribution in [3.05, 3.63) is 12.7 Å².